The summed E-state index contributed by atoms with van der Waals surface area (Å²) in [5.41, 5.74) is 10.7. The summed E-state index contributed by atoms with van der Waals surface area (Å²) in [5.74, 6) is -0.151. The Kier molecular flexibility index (Phi) is 3.79. The Morgan fingerprint density at radius 3 is 2.83 bits per heavy atom. The largest absolute Gasteiger partial charge is 0.362 e. The van der Waals surface area contributed by atoms with Gasteiger partial charge in [-0.05, 0) is 41.3 Å². The molecule has 2 N–H and O–H groups in total. The molecule has 2 aromatic carbocycles. The first-order valence-electron chi connectivity index (χ1n) is 8.31. The smallest absolute Gasteiger partial charge is 0.123 e. The van der Waals surface area contributed by atoms with Crippen LogP contribution in [0.4, 0.5) is 10.1 Å². The maximum atomic E-state index is 13.7. The van der Waals surface area contributed by atoms with Gasteiger partial charge in [-0.25, -0.2) is 4.39 Å². The van der Waals surface area contributed by atoms with E-state index < -0.39 is 0 Å². The van der Waals surface area contributed by atoms with Gasteiger partial charge in [-0.2, -0.15) is 0 Å². The zero-order chi connectivity index (χ0) is 15.8. The van der Waals surface area contributed by atoms with Crippen LogP contribution in [0.25, 0.3) is 0 Å². The number of nitrogens with two attached hydrogens (primary N) is 1. The van der Waals surface area contributed by atoms with Crippen LogP contribution in [0, 0.1) is 5.82 Å². The second-order valence-electron chi connectivity index (χ2n) is 6.45. The van der Waals surface area contributed by atoms with E-state index in [1.54, 1.807) is 12.1 Å². The summed E-state index contributed by atoms with van der Waals surface area (Å²) < 4.78 is 13.7. The molecule has 120 valence electrons. The Bertz CT molecular complexity index is 716. The van der Waals surface area contributed by atoms with E-state index >= 15 is 0 Å². The molecule has 4 heteroatoms. The van der Waals surface area contributed by atoms with E-state index in [1.165, 1.54) is 16.8 Å². The zero-order valence-electron chi connectivity index (χ0n) is 13.2. The average molecular weight is 311 g/mol. The third-order valence-corrected chi connectivity index (χ3v) is 5.06. The minimum Gasteiger partial charge on any atom is -0.362 e. The van der Waals surface area contributed by atoms with E-state index in [4.69, 9.17) is 5.73 Å². The number of hydrogen-bond acceptors (Lipinski definition) is 3. The van der Waals surface area contributed by atoms with Crippen molar-refractivity contribution in [1.29, 1.82) is 0 Å². The Morgan fingerprint density at radius 2 is 1.96 bits per heavy atom. The molecule has 1 atom stereocenters. The fraction of sp³-hybridized carbons (Fsp3) is 0.368. The monoisotopic (exact) mass is 311 g/mol. The molecule has 0 saturated carbocycles. The van der Waals surface area contributed by atoms with Gasteiger partial charge in [-0.1, -0.05) is 24.3 Å². The van der Waals surface area contributed by atoms with Crippen molar-refractivity contribution in [2.24, 2.45) is 5.73 Å². The van der Waals surface area contributed by atoms with Gasteiger partial charge in [0, 0.05) is 38.4 Å². The number of rotatable bonds is 2. The van der Waals surface area contributed by atoms with Gasteiger partial charge in [-0.3, -0.25) is 4.90 Å². The van der Waals surface area contributed by atoms with E-state index in [-0.39, 0.29) is 5.82 Å². The molecule has 1 saturated heterocycles. The molecule has 0 amide bonds. The lowest BCUT2D eigenvalue weighted by Crippen LogP contribution is -2.49. The first-order chi connectivity index (χ1) is 11.3. The normalized spacial score (nSPS) is 20.4. The zero-order valence-corrected chi connectivity index (χ0v) is 13.2. The number of benzene rings is 2. The van der Waals surface area contributed by atoms with Gasteiger partial charge >= 0.3 is 0 Å². The summed E-state index contributed by atoms with van der Waals surface area (Å²) in [6.07, 6.45) is 0.799. The molecule has 2 aromatic rings. The molecule has 0 unspecified atom stereocenters. The van der Waals surface area contributed by atoms with E-state index in [9.17, 15) is 4.39 Å². The molecule has 0 aromatic heterocycles. The van der Waals surface area contributed by atoms with Crippen LogP contribution >= 0.6 is 0 Å². The van der Waals surface area contributed by atoms with Crippen LogP contribution in [0.3, 0.4) is 0 Å². The maximum Gasteiger partial charge on any atom is 0.123 e. The highest BCUT2D eigenvalue weighted by Crippen LogP contribution is 2.39. The number of anilines is 1. The van der Waals surface area contributed by atoms with E-state index in [0.29, 0.717) is 12.6 Å². The van der Waals surface area contributed by atoms with Crippen LogP contribution in [0.1, 0.15) is 22.7 Å². The van der Waals surface area contributed by atoms with Crippen LogP contribution in [0.5, 0.6) is 0 Å². The van der Waals surface area contributed by atoms with Crippen LogP contribution in [-0.4, -0.2) is 37.6 Å². The summed E-state index contributed by atoms with van der Waals surface area (Å²) in [6, 6.07) is 14.1. The lowest BCUT2D eigenvalue weighted by atomic mass is 9.96. The summed E-state index contributed by atoms with van der Waals surface area (Å²) in [5, 5.41) is 0. The molecular formula is C19H22FN3. The van der Waals surface area contributed by atoms with Gasteiger partial charge in [0.1, 0.15) is 5.82 Å². The molecule has 0 spiro atoms. The van der Waals surface area contributed by atoms with E-state index in [2.05, 4.69) is 34.1 Å². The highest BCUT2D eigenvalue weighted by atomic mass is 19.1. The van der Waals surface area contributed by atoms with Crippen LogP contribution in [0.2, 0.25) is 0 Å². The molecule has 2 aliphatic heterocycles. The molecular weight excluding hydrogens is 289 g/mol. The minimum atomic E-state index is -0.151. The third-order valence-electron chi connectivity index (χ3n) is 5.06. The Hall–Kier alpha value is -1.91. The van der Waals surface area contributed by atoms with Gasteiger partial charge in [0.25, 0.3) is 0 Å². The van der Waals surface area contributed by atoms with Gasteiger partial charge < -0.3 is 10.6 Å². The van der Waals surface area contributed by atoms with Crippen molar-refractivity contribution >= 4 is 5.69 Å². The second-order valence-corrected chi connectivity index (χ2v) is 6.45. The van der Waals surface area contributed by atoms with E-state index in [0.717, 1.165) is 38.2 Å². The highest BCUT2D eigenvalue weighted by molar-refractivity contribution is 5.60. The molecule has 2 aliphatic rings. The van der Waals surface area contributed by atoms with Gasteiger partial charge in [0.15, 0.2) is 0 Å². The predicted molar refractivity (Wildman–Crippen MR) is 91.2 cm³/mol. The fourth-order valence-electron chi connectivity index (χ4n) is 3.98. The van der Waals surface area contributed by atoms with Crippen molar-refractivity contribution in [3.05, 3.63) is 65.0 Å². The van der Waals surface area contributed by atoms with Gasteiger partial charge in [0.2, 0.25) is 0 Å². The number of piperazine rings is 1. The summed E-state index contributed by atoms with van der Waals surface area (Å²) in [6.45, 7) is 4.56. The molecule has 0 bridgehead atoms. The topological polar surface area (TPSA) is 32.5 Å². The highest BCUT2D eigenvalue weighted by Gasteiger charge is 2.32. The van der Waals surface area contributed by atoms with Gasteiger partial charge in [-0.15, -0.1) is 0 Å². The molecule has 3 nitrogen and oxygen atoms in total. The van der Waals surface area contributed by atoms with Crippen molar-refractivity contribution in [3.8, 4) is 0 Å². The molecule has 0 radical (unpaired) electrons. The molecule has 0 aliphatic carbocycles. The van der Waals surface area contributed by atoms with Crippen molar-refractivity contribution in [3.63, 3.8) is 0 Å². The number of hydrogen-bond donors (Lipinski definition) is 1. The Labute approximate surface area is 136 Å². The van der Waals surface area contributed by atoms with Crippen molar-refractivity contribution in [1.82, 2.24) is 4.90 Å². The Balaban J connectivity index is 1.81. The first-order valence-corrected chi connectivity index (χ1v) is 8.31. The molecule has 4 rings (SSSR count). The molecule has 23 heavy (non-hydrogen) atoms. The van der Waals surface area contributed by atoms with Crippen molar-refractivity contribution < 1.29 is 4.39 Å². The number of halogens is 1. The Morgan fingerprint density at radius 1 is 1.09 bits per heavy atom. The number of nitrogens with zero attached hydrogens (tertiary/aromatic N) is 2. The third kappa shape index (κ3) is 2.62. The summed E-state index contributed by atoms with van der Waals surface area (Å²) in [7, 11) is 0. The second kappa shape index (κ2) is 5.95. The number of fused-ring (bicyclic) bond motifs is 5. The minimum absolute atomic E-state index is 0.151. The van der Waals surface area contributed by atoms with Gasteiger partial charge in [0.05, 0.1) is 6.04 Å². The maximum absolute atomic E-state index is 13.7. The lowest BCUT2D eigenvalue weighted by molar-refractivity contribution is 0.229. The summed E-state index contributed by atoms with van der Waals surface area (Å²) >= 11 is 0. The summed E-state index contributed by atoms with van der Waals surface area (Å²) in [4.78, 5) is 4.89. The van der Waals surface area contributed by atoms with Crippen molar-refractivity contribution in [2.75, 3.05) is 37.6 Å². The SMILES string of the molecule is NCCN1CCN2c3ccc(F)cc3Cc3ccccc3[C@H]2C1. The quantitative estimate of drug-likeness (QED) is 0.925. The van der Waals surface area contributed by atoms with E-state index in [1.807, 2.05) is 6.07 Å². The fourth-order valence-corrected chi connectivity index (χ4v) is 3.98. The lowest BCUT2D eigenvalue weighted by Gasteiger charge is -2.43. The molecule has 2 heterocycles. The van der Waals surface area contributed by atoms with Crippen LogP contribution in [0.15, 0.2) is 42.5 Å². The first kappa shape index (κ1) is 14.7. The molecule has 1 fully saturated rings. The van der Waals surface area contributed by atoms with Crippen molar-refractivity contribution in [2.45, 2.75) is 12.5 Å². The average Bonchev–Trinajstić information content (AvgIpc) is 2.69. The van der Waals surface area contributed by atoms with Crippen LogP contribution in [-0.2, 0) is 6.42 Å². The predicted octanol–water partition coefficient (Wildman–Crippen LogP) is 2.55. The standard InChI is InChI=1S/C19H22FN3/c20-16-5-6-18-15(12-16)11-14-3-1-2-4-17(14)19-13-22(8-7-21)9-10-23(18)19/h1-6,12,19H,7-11,13,21H2/t19-/m1/s1. The van der Waals surface area contributed by atoms with Crippen LogP contribution < -0.4 is 10.6 Å².